The summed E-state index contributed by atoms with van der Waals surface area (Å²) in [5, 5.41) is 0.956. The number of hydrogen-bond donors (Lipinski definition) is 1. The Kier molecular flexibility index (Phi) is 3.96. The fourth-order valence-corrected chi connectivity index (χ4v) is 5.82. The molecule has 3 aromatic rings. The Morgan fingerprint density at radius 1 is 0.710 bits per heavy atom. The molecule has 7 rings (SSSR count). The minimum absolute atomic E-state index is 0.187. The molecule has 152 valence electrons. The lowest BCUT2D eigenvalue weighted by atomic mass is 9.55. The van der Waals surface area contributed by atoms with E-state index in [1.165, 1.54) is 0 Å². The summed E-state index contributed by atoms with van der Waals surface area (Å²) in [6, 6.07) is 22.9. The van der Waals surface area contributed by atoms with E-state index in [9.17, 15) is 14.4 Å². The molecule has 4 aliphatic rings. The van der Waals surface area contributed by atoms with Gasteiger partial charge in [0, 0.05) is 21.9 Å². The van der Waals surface area contributed by atoms with Crippen molar-refractivity contribution < 1.29 is 14.4 Å². The van der Waals surface area contributed by atoms with Gasteiger partial charge < -0.3 is 0 Å². The average molecular weight is 473 g/mol. The van der Waals surface area contributed by atoms with Crippen molar-refractivity contribution >= 4 is 33.7 Å². The highest BCUT2D eigenvalue weighted by Crippen LogP contribution is 2.60. The zero-order valence-corrected chi connectivity index (χ0v) is 17.9. The van der Waals surface area contributed by atoms with Crippen molar-refractivity contribution in [1.82, 2.24) is 10.4 Å². The van der Waals surface area contributed by atoms with E-state index in [-0.39, 0.29) is 23.7 Å². The number of nitrogens with zero attached hydrogens (tertiary/aromatic N) is 1. The fraction of sp³-hybridized carbons (Fsp3) is 0.160. The number of nitrogens with one attached hydrogen (secondary N) is 1. The van der Waals surface area contributed by atoms with E-state index in [0.717, 1.165) is 31.7 Å². The largest absolute Gasteiger partial charge is 0.272 e. The molecular weight excluding hydrogens is 456 g/mol. The summed E-state index contributed by atoms with van der Waals surface area (Å²) in [6.07, 6.45) is 0. The summed E-state index contributed by atoms with van der Waals surface area (Å²) in [5.41, 5.74) is 7.38. The first-order valence-electron chi connectivity index (χ1n) is 10.2. The maximum Gasteiger partial charge on any atom is 0.270 e. The van der Waals surface area contributed by atoms with Gasteiger partial charge in [-0.25, -0.2) is 0 Å². The molecular formula is C25H17BrN2O3. The lowest BCUT2D eigenvalue weighted by molar-refractivity contribution is -0.142. The summed E-state index contributed by atoms with van der Waals surface area (Å²) < 4.78 is 0.843. The highest BCUT2D eigenvalue weighted by molar-refractivity contribution is 9.10. The van der Waals surface area contributed by atoms with E-state index in [4.69, 9.17) is 0 Å². The number of hydrogen-bond acceptors (Lipinski definition) is 3. The monoisotopic (exact) mass is 472 g/mol. The molecule has 1 heterocycles. The van der Waals surface area contributed by atoms with E-state index in [2.05, 4.69) is 45.6 Å². The van der Waals surface area contributed by atoms with Gasteiger partial charge in [0.1, 0.15) is 0 Å². The molecule has 31 heavy (non-hydrogen) atoms. The summed E-state index contributed by atoms with van der Waals surface area (Å²) in [7, 11) is 0. The molecule has 1 fully saturated rings. The second kappa shape index (κ2) is 6.62. The van der Waals surface area contributed by atoms with E-state index in [1.807, 2.05) is 24.3 Å². The van der Waals surface area contributed by atoms with Crippen LogP contribution in [0.25, 0.3) is 0 Å². The van der Waals surface area contributed by atoms with Gasteiger partial charge in [0.25, 0.3) is 17.7 Å². The topological polar surface area (TPSA) is 66.5 Å². The van der Waals surface area contributed by atoms with E-state index in [1.54, 1.807) is 24.3 Å². The predicted molar refractivity (Wildman–Crippen MR) is 117 cm³/mol. The van der Waals surface area contributed by atoms with Gasteiger partial charge >= 0.3 is 0 Å². The first-order chi connectivity index (χ1) is 15.1. The van der Waals surface area contributed by atoms with Crippen LogP contribution in [0.3, 0.4) is 0 Å². The molecule has 1 N–H and O–H groups in total. The standard InChI is InChI=1S/C25H17BrN2O3/c26-14-11-9-13(10-12-14)23(29)27-28-24(30)21-19-15-5-1-2-6-16(15)20(22(21)25(28)31)18-8-4-3-7-17(18)19/h1-12,19-22H,(H,27,29). The zero-order chi connectivity index (χ0) is 21.3. The van der Waals surface area contributed by atoms with Crippen LogP contribution in [-0.4, -0.2) is 22.7 Å². The molecule has 3 amide bonds. The van der Waals surface area contributed by atoms with Crippen LogP contribution in [0.5, 0.6) is 0 Å². The van der Waals surface area contributed by atoms with Gasteiger partial charge in [-0.05, 0) is 46.5 Å². The minimum atomic E-state index is -0.507. The van der Waals surface area contributed by atoms with E-state index in [0.29, 0.717) is 5.56 Å². The smallest absolute Gasteiger partial charge is 0.270 e. The van der Waals surface area contributed by atoms with Gasteiger partial charge in [0.15, 0.2) is 0 Å². The Morgan fingerprint density at radius 3 is 1.55 bits per heavy atom. The predicted octanol–water partition coefficient (Wildman–Crippen LogP) is 3.99. The van der Waals surface area contributed by atoms with Gasteiger partial charge in [-0.3, -0.25) is 19.8 Å². The third-order valence-corrected chi connectivity index (χ3v) is 7.30. The Bertz CT molecular complexity index is 1150. The highest BCUT2D eigenvalue weighted by atomic mass is 79.9. The van der Waals surface area contributed by atoms with Crippen molar-refractivity contribution in [2.45, 2.75) is 11.8 Å². The van der Waals surface area contributed by atoms with Crippen LogP contribution in [0, 0.1) is 11.8 Å². The maximum absolute atomic E-state index is 13.5. The van der Waals surface area contributed by atoms with Gasteiger partial charge in [-0.15, -0.1) is 0 Å². The Morgan fingerprint density at radius 2 is 1.13 bits per heavy atom. The SMILES string of the molecule is O=C(NN1C(=O)C2C3c4ccccc4C(c4ccccc43)C2C1=O)c1ccc(Br)cc1. The molecule has 3 aromatic carbocycles. The summed E-state index contributed by atoms with van der Waals surface area (Å²) in [4.78, 5) is 39.7. The summed E-state index contributed by atoms with van der Waals surface area (Å²) in [5.74, 6) is -2.53. The van der Waals surface area contributed by atoms with Crippen molar-refractivity contribution in [3.63, 3.8) is 0 Å². The molecule has 0 radical (unpaired) electrons. The molecule has 2 unspecified atom stereocenters. The Labute approximate surface area is 187 Å². The van der Waals surface area contributed by atoms with Crippen molar-refractivity contribution in [1.29, 1.82) is 0 Å². The van der Waals surface area contributed by atoms with Crippen molar-refractivity contribution in [2.75, 3.05) is 0 Å². The number of imide groups is 1. The second-order valence-corrected chi connectivity index (χ2v) is 9.14. The van der Waals surface area contributed by atoms with Gasteiger partial charge in [-0.1, -0.05) is 64.5 Å². The molecule has 3 aliphatic carbocycles. The normalized spacial score (nSPS) is 25.1. The van der Waals surface area contributed by atoms with E-state index >= 15 is 0 Å². The number of carbonyl (C=O) groups excluding carboxylic acids is 3. The zero-order valence-electron chi connectivity index (χ0n) is 16.3. The number of halogens is 1. The molecule has 1 saturated heterocycles. The molecule has 0 saturated carbocycles. The number of hydrazine groups is 1. The van der Waals surface area contributed by atoms with Crippen LogP contribution in [0.1, 0.15) is 44.4 Å². The van der Waals surface area contributed by atoms with Crippen molar-refractivity contribution in [3.05, 3.63) is 105 Å². The molecule has 2 atom stereocenters. The third kappa shape index (κ3) is 2.51. The summed E-state index contributed by atoms with van der Waals surface area (Å²) >= 11 is 3.34. The van der Waals surface area contributed by atoms with Crippen LogP contribution < -0.4 is 5.43 Å². The van der Waals surface area contributed by atoms with Gasteiger partial charge in [-0.2, -0.15) is 5.01 Å². The lowest BCUT2D eigenvalue weighted by Crippen LogP contribution is -2.46. The van der Waals surface area contributed by atoms with Crippen LogP contribution in [-0.2, 0) is 9.59 Å². The molecule has 1 aliphatic heterocycles. The van der Waals surface area contributed by atoms with Crippen molar-refractivity contribution in [3.8, 4) is 0 Å². The quantitative estimate of drug-likeness (QED) is 0.573. The highest BCUT2D eigenvalue weighted by Gasteiger charge is 2.62. The van der Waals surface area contributed by atoms with Gasteiger partial charge in [0.2, 0.25) is 0 Å². The maximum atomic E-state index is 13.5. The molecule has 2 bridgehead atoms. The lowest BCUT2D eigenvalue weighted by Gasteiger charge is -2.45. The van der Waals surface area contributed by atoms with Crippen LogP contribution in [0.4, 0.5) is 0 Å². The minimum Gasteiger partial charge on any atom is -0.272 e. The third-order valence-electron chi connectivity index (χ3n) is 6.77. The first-order valence-corrected chi connectivity index (χ1v) is 11.0. The van der Waals surface area contributed by atoms with Crippen LogP contribution >= 0.6 is 15.9 Å². The molecule has 0 aromatic heterocycles. The Balaban J connectivity index is 1.41. The van der Waals surface area contributed by atoms with Crippen molar-refractivity contribution in [2.24, 2.45) is 11.8 Å². The van der Waals surface area contributed by atoms with E-state index < -0.39 is 17.7 Å². The number of benzene rings is 3. The van der Waals surface area contributed by atoms with Crippen LogP contribution in [0.15, 0.2) is 77.3 Å². The van der Waals surface area contributed by atoms with Crippen LogP contribution in [0.2, 0.25) is 0 Å². The molecule has 6 heteroatoms. The second-order valence-electron chi connectivity index (χ2n) is 8.22. The van der Waals surface area contributed by atoms with Gasteiger partial charge in [0.05, 0.1) is 11.8 Å². The fourth-order valence-electron chi connectivity index (χ4n) is 5.55. The number of carbonyl (C=O) groups is 3. The number of rotatable bonds is 2. The number of amides is 3. The first kappa shape index (κ1) is 18.5. The Hall–Kier alpha value is -3.25. The molecule has 0 spiro atoms. The summed E-state index contributed by atoms with van der Waals surface area (Å²) in [6.45, 7) is 0. The molecule has 5 nitrogen and oxygen atoms in total. The average Bonchev–Trinajstić information content (AvgIpc) is 3.05.